The van der Waals surface area contributed by atoms with Crippen molar-refractivity contribution in [3.05, 3.63) is 46.1 Å². The third kappa shape index (κ3) is 6.81. The molecule has 2 rings (SSSR count). The molecule has 2 aromatic rings. The van der Waals surface area contributed by atoms with E-state index in [2.05, 4.69) is 31.5 Å². The summed E-state index contributed by atoms with van der Waals surface area (Å²) >= 11 is 3.29. The summed E-state index contributed by atoms with van der Waals surface area (Å²) in [5.41, 5.74) is -0.455. The van der Waals surface area contributed by atoms with Gasteiger partial charge in [-0.3, -0.25) is 4.79 Å². The Labute approximate surface area is 179 Å². The predicted molar refractivity (Wildman–Crippen MR) is 106 cm³/mol. The fraction of sp³-hybridized carbons (Fsp3) is 0.316. The summed E-state index contributed by atoms with van der Waals surface area (Å²) in [4.78, 5) is 15.7. The van der Waals surface area contributed by atoms with Crippen molar-refractivity contribution in [2.75, 3.05) is 31.6 Å². The highest BCUT2D eigenvalue weighted by Crippen LogP contribution is 2.36. The summed E-state index contributed by atoms with van der Waals surface area (Å²) in [6, 6.07) is 7.21. The fourth-order valence-corrected chi connectivity index (χ4v) is 2.84. The Bertz CT molecular complexity index is 915. The van der Waals surface area contributed by atoms with Gasteiger partial charge in [0.1, 0.15) is 5.82 Å². The number of hydrogen-bond donors (Lipinski definition) is 2. The van der Waals surface area contributed by atoms with Crippen molar-refractivity contribution >= 4 is 27.7 Å². The van der Waals surface area contributed by atoms with Gasteiger partial charge >= 0.3 is 6.18 Å². The molecule has 1 aromatic heterocycles. The lowest BCUT2D eigenvalue weighted by molar-refractivity contribution is -0.137. The van der Waals surface area contributed by atoms with Crippen LogP contribution in [0.15, 0.2) is 34.9 Å². The second kappa shape index (κ2) is 10.7. The number of halogens is 4. The molecule has 1 aromatic carbocycles. The number of nitrogens with one attached hydrogen (secondary N) is 2. The molecule has 30 heavy (non-hydrogen) atoms. The van der Waals surface area contributed by atoms with Crippen molar-refractivity contribution in [1.29, 1.82) is 5.26 Å². The maximum absolute atomic E-state index is 12.5. The van der Waals surface area contributed by atoms with Crippen LogP contribution in [-0.2, 0) is 11.0 Å². The summed E-state index contributed by atoms with van der Waals surface area (Å²) in [6.45, 7) is 2.31. The Morgan fingerprint density at radius 3 is 2.63 bits per heavy atom. The quantitative estimate of drug-likeness (QED) is 0.524. The van der Waals surface area contributed by atoms with Gasteiger partial charge in [-0.05, 0) is 41.1 Å². The summed E-state index contributed by atoms with van der Waals surface area (Å²) in [5.74, 6) is 0.497. The summed E-state index contributed by atoms with van der Waals surface area (Å²) < 4.78 is 48.9. The molecule has 0 spiro atoms. The molecule has 0 atom stereocenters. The van der Waals surface area contributed by atoms with Crippen LogP contribution in [0, 0.1) is 11.3 Å². The van der Waals surface area contributed by atoms with E-state index in [1.165, 1.54) is 12.1 Å². The lowest BCUT2D eigenvalue weighted by Crippen LogP contribution is -2.32. The fourth-order valence-electron chi connectivity index (χ4n) is 2.28. The van der Waals surface area contributed by atoms with Gasteiger partial charge in [0.25, 0.3) is 5.91 Å². The van der Waals surface area contributed by atoms with Crippen LogP contribution in [0.25, 0.3) is 0 Å². The molecule has 11 heteroatoms. The highest BCUT2D eigenvalue weighted by molar-refractivity contribution is 9.10. The molecule has 2 N–H and O–H groups in total. The summed E-state index contributed by atoms with van der Waals surface area (Å²) in [7, 11) is 0. The van der Waals surface area contributed by atoms with E-state index in [0.29, 0.717) is 28.1 Å². The number of hydrogen-bond acceptors (Lipinski definition) is 6. The Kier molecular flexibility index (Phi) is 8.29. The number of aromatic nitrogens is 1. The van der Waals surface area contributed by atoms with Crippen molar-refractivity contribution in [2.45, 2.75) is 13.1 Å². The standard InChI is InChI=1S/C19H18BrF3N4O3/c1-2-29-15-8-12(9-24)7-14(20)18(15)30-11-17(28)26-6-5-25-16-4-3-13(10-27-16)19(21,22)23/h3-4,7-8,10H,2,5-6,11H2,1H3,(H,25,27)(H,26,28). The van der Waals surface area contributed by atoms with Crippen molar-refractivity contribution in [3.8, 4) is 17.6 Å². The minimum absolute atomic E-state index is 0.206. The second-order valence-electron chi connectivity index (χ2n) is 5.83. The number of carbonyl (C=O) groups excluding carboxylic acids is 1. The van der Waals surface area contributed by atoms with E-state index in [4.69, 9.17) is 14.7 Å². The lowest BCUT2D eigenvalue weighted by Gasteiger charge is -2.14. The molecule has 0 bridgehead atoms. The van der Waals surface area contributed by atoms with E-state index in [9.17, 15) is 18.0 Å². The maximum atomic E-state index is 12.5. The smallest absolute Gasteiger partial charge is 0.417 e. The largest absolute Gasteiger partial charge is 0.490 e. The molecule has 1 amide bonds. The Balaban J connectivity index is 1.80. The first-order valence-electron chi connectivity index (χ1n) is 8.77. The van der Waals surface area contributed by atoms with E-state index in [0.717, 1.165) is 12.3 Å². The van der Waals surface area contributed by atoms with Gasteiger partial charge in [0.15, 0.2) is 18.1 Å². The van der Waals surface area contributed by atoms with Gasteiger partial charge in [-0.25, -0.2) is 4.98 Å². The van der Waals surface area contributed by atoms with E-state index < -0.39 is 17.6 Å². The first-order chi connectivity index (χ1) is 14.2. The van der Waals surface area contributed by atoms with Gasteiger partial charge in [-0.1, -0.05) is 0 Å². The molecular weight excluding hydrogens is 469 g/mol. The van der Waals surface area contributed by atoms with Crippen molar-refractivity contribution in [2.24, 2.45) is 0 Å². The van der Waals surface area contributed by atoms with Crippen LogP contribution in [-0.4, -0.2) is 37.2 Å². The zero-order valence-electron chi connectivity index (χ0n) is 15.8. The molecule has 7 nitrogen and oxygen atoms in total. The van der Waals surface area contributed by atoms with Crippen LogP contribution < -0.4 is 20.1 Å². The summed E-state index contributed by atoms with van der Waals surface area (Å²) in [5, 5.41) is 14.4. The number of carbonyl (C=O) groups is 1. The maximum Gasteiger partial charge on any atom is 0.417 e. The number of amides is 1. The van der Waals surface area contributed by atoms with Crippen LogP contribution in [0.2, 0.25) is 0 Å². The average Bonchev–Trinajstić information content (AvgIpc) is 2.70. The minimum Gasteiger partial charge on any atom is -0.490 e. The predicted octanol–water partition coefficient (Wildman–Crippen LogP) is 3.74. The molecule has 0 saturated carbocycles. The van der Waals surface area contributed by atoms with Gasteiger partial charge in [0, 0.05) is 25.4 Å². The lowest BCUT2D eigenvalue weighted by atomic mass is 10.2. The van der Waals surface area contributed by atoms with E-state index in [1.54, 1.807) is 13.0 Å². The molecule has 0 fully saturated rings. The number of benzene rings is 1. The normalized spacial score (nSPS) is 10.8. The highest BCUT2D eigenvalue weighted by atomic mass is 79.9. The van der Waals surface area contributed by atoms with E-state index in [1.807, 2.05) is 6.07 Å². The van der Waals surface area contributed by atoms with Crippen LogP contribution in [0.1, 0.15) is 18.1 Å². The number of ether oxygens (including phenoxy) is 2. The Morgan fingerprint density at radius 1 is 1.27 bits per heavy atom. The third-order valence-corrected chi connectivity index (χ3v) is 4.22. The zero-order chi connectivity index (χ0) is 22.1. The number of pyridine rings is 1. The SMILES string of the molecule is CCOc1cc(C#N)cc(Br)c1OCC(=O)NCCNc1ccc(C(F)(F)F)cn1. The number of anilines is 1. The topological polar surface area (TPSA) is 96.3 Å². The zero-order valence-corrected chi connectivity index (χ0v) is 17.4. The molecule has 0 radical (unpaired) electrons. The van der Waals surface area contributed by atoms with Gasteiger partial charge in [-0.15, -0.1) is 0 Å². The van der Waals surface area contributed by atoms with Crippen molar-refractivity contribution in [1.82, 2.24) is 10.3 Å². The molecule has 0 saturated heterocycles. The number of rotatable bonds is 9. The van der Waals surface area contributed by atoms with Crippen molar-refractivity contribution in [3.63, 3.8) is 0 Å². The van der Waals surface area contributed by atoms with Gasteiger partial charge in [-0.2, -0.15) is 18.4 Å². The van der Waals surface area contributed by atoms with Gasteiger partial charge in [0.2, 0.25) is 0 Å². The third-order valence-electron chi connectivity index (χ3n) is 3.63. The van der Waals surface area contributed by atoms with E-state index in [-0.39, 0.29) is 25.5 Å². The first kappa shape index (κ1) is 23.3. The molecular formula is C19H18BrF3N4O3. The van der Waals surface area contributed by atoms with Crippen LogP contribution in [0.5, 0.6) is 11.5 Å². The molecule has 0 unspecified atom stereocenters. The minimum atomic E-state index is -4.44. The van der Waals surface area contributed by atoms with Gasteiger partial charge < -0.3 is 20.1 Å². The monoisotopic (exact) mass is 486 g/mol. The molecule has 0 aliphatic heterocycles. The van der Waals surface area contributed by atoms with Gasteiger partial charge in [0.05, 0.1) is 28.3 Å². The highest BCUT2D eigenvalue weighted by Gasteiger charge is 2.30. The molecule has 1 heterocycles. The summed E-state index contributed by atoms with van der Waals surface area (Å²) in [6.07, 6.45) is -3.70. The Morgan fingerprint density at radius 2 is 2.03 bits per heavy atom. The molecule has 160 valence electrons. The van der Waals surface area contributed by atoms with Crippen LogP contribution in [0.4, 0.5) is 19.0 Å². The molecule has 0 aliphatic rings. The number of nitriles is 1. The van der Waals surface area contributed by atoms with E-state index >= 15 is 0 Å². The first-order valence-corrected chi connectivity index (χ1v) is 9.57. The van der Waals surface area contributed by atoms with Crippen LogP contribution >= 0.6 is 15.9 Å². The Hall–Kier alpha value is -3.00. The second-order valence-corrected chi connectivity index (χ2v) is 6.68. The number of alkyl halides is 3. The average molecular weight is 487 g/mol. The van der Waals surface area contributed by atoms with Crippen LogP contribution in [0.3, 0.4) is 0 Å². The number of nitrogens with zero attached hydrogens (tertiary/aromatic N) is 2. The molecule has 0 aliphatic carbocycles. The van der Waals surface area contributed by atoms with Crippen molar-refractivity contribution < 1.29 is 27.4 Å².